The van der Waals surface area contributed by atoms with Gasteiger partial charge in [0.15, 0.2) is 0 Å². The van der Waals surface area contributed by atoms with Crippen molar-refractivity contribution in [2.45, 2.75) is 0 Å². The van der Waals surface area contributed by atoms with Crippen molar-refractivity contribution < 1.29 is 13.5 Å². The van der Waals surface area contributed by atoms with Gasteiger partial charge in [-0.15, -0.1) is 0 Å². The van der Waals surface area contributed by atoms with Gasteiger partial charge in [0.05, 0.1) is 10.5 Å². The fraction of sp³-hybridized carbons (Fsp3) is 0. The van der Waals surface area contributed by atoms with Crippen LogP contribution in [0.4, 0.5) is 8.78 Å². The molecule has 16 heavy (non-hydrogen) atoms. The Morgan fingerprint density at radius 3 is 2.62 bits per heavy atom. The second-order valence-corrected chi connectivity index (χ2v) is 3.71. The van der Waals surface area contributed by atoms with Crippen molar-refractivity contribution in [3.8, 4) is 11.6 Å². The Labute approximate surface area is 98.2 Å². The molecule has 1 aromatic heterocycles. The Bertz CT molecular complexity index is 522. The van der Waals surface area contributed by atoms with Gasteiger partial charge in [-0.2, -0.15) is 4.39 Å². The van der Waals surface area contributed by atoms with E-state index in [-0.39, 0.29) is 11.6 Å². The van der Waals surface area contributed by atoms with Crippen molar-refractivity contribution in [3.05, 3.63) is 46.8 Å². The molecule has 0 bridgehead atoms. The van der Waals surface area contributed by atoms with E-state index in [4.69, 9.17) is 4.74 Å². The third-order valence-electron chi connectivity index (χ3n) is 1.72. The second-order valence-electron chi connectivity index (χ2n) is 2.86. The zero-order valence-corrected chi connectivity index (χ0v) is 9.41. The summed E-state index contributed by atoms with van der Waals surface area (Å²) < 4.78 is 31.3. The molecular weight excluding hydrogens is 282 g/mol. The molecule has 1 heterocycles. The van der Waals surface area contributed by atoms with Crippen LogP contribution in [0.25, 0.3) is 0 Å². The number of hydrogen-bond donors (Lipinski definition) is 0. The molecule has 0 unspecified atom stereocenters. The van der Waals surface area contributed by atoms with E-state index < -0.39 is 11.8 Å². The van der Waals surface area contributed by atoms with Crippen LogP contribution in [0.3, 0.4) is 0 Å². The summed E-state index contributed by atoms with van der Waals surface area (Å²) in [5, 5.41) is 0. The van der Waals surface area contributed by atoms with Crippen molar-refractivity contribution in [2.75, 3.05) is 0 Å². The molecule has 2 aromatic rings. The largest absolute Gasteiger partial charge is 0.439 e. The highest BCUT2D eigenvalue weighted by Crippen LogP contribution is 2.24. The molecule has 0 radical (unpaired) electrons. The van der Waals surface area contributed by atoms with Crippen LogP contribution >= 0.6 is 15.9 Å². The Kier molecular flexibility index (Phi) is 3.09. The summed E-state index contributed by atoms with van der Waals surface area (Å²) in [5.41, 5.74) is 0. The molecule has 0 aliphatic rings. The van der Waals surface area contributed by atoms with Crippen LogP contribution in [0, 0.1) is 11.8 Å². The minimum absolute atomic E-state index is 0.0224. The van der Waals surface area contributed by atoms with E-state index in [0.717, 1.165) is 12.4 Å². The maximum Gasteiger partial charge on any atom is 0.225 e. The number of halogens is 3. The van der Waals surface area contributed by atoms with E-state index in [9.17, 15) is 8.78 Å². The quantitative estimate of drug-likeness (QED) is 0.795. The molecule has 1 aromatic carbocycles. The summed E-state index contributed by atoms with van der Waals surface area (Å²) in [6.07, 6.45) is 1.03. The van der Waals surface area contributed by atoms with Gasteiger partial charge in [0.25, 0.3) is 0 Å². The maximum atomic E-state index is 13.1. The van der Waals surface area contributed by atoms with E-state index in [0.29, 0.717) is 4.47 Å². The average Bonchev–Trinajstić information content (AvgIpc) is 2.24. The minimum Gasteiger partial charge on any atom is -0.439 e. The molecule has 6 heteroatoms. The first kappa shape index (κ1) is 10.9. The van der Waals surface area contributed by atoms with Gasteiger partial charge in [-0.25, -0.2) is 14.4 Å². The Morgan fingerprint density at radius 1 is 1.12 bits per heavy atom. The SMILES string of the molecule is Fc1cc(Oc2ccc(Br)c(F)c2)ncn1. The van der Waals surface area contributed by atoms with Crippen LogP contribution in [0.1, 0.15) is 0 Å². The molecule has 0 fully saturated rings. The zero-order chi connectivity index (χ0) is 11.5. The van der Waals surface area contributed by atoms with Crippen molar-refractivity contribution in [1.29, 1.82) is 0 Å². The smallest absolute Gasteiger partial charge is 0.225 e. The highest BCUT2D eigenvalue weighted by Gasteiger charge is 2.04. The van der Waals surface area contributed by atoms with Crippen LogP contribution in [0.15, 0.2) is 35.1 Å². The lowest BCUT2D eigenvalue weighted by atomic mass is 10.3. The number of rotatable bonds is 2. The first-order valence-electron chi connectivity index (χ1n) is 4.25. The number of hydrogen-bond acceptors (Lipinski definition) is 3. The number of ether oxygens (including phenoxy) is 1. The maximum absolute atomic E-state index is 13.1. The number of benzene rings is 1. The summed E-state index contributed by atoms with van der Waals surface area (Å²) in [6, 6.07) is 5.21. The molecule has 0 spiro atoms. The highest BCUT2D eigenvalue weighted by molar-refractivity contribution is 9.10. The normalized spacial score (nSPS) is 10.2. The van der Waals surface area contributed by atoms with Crippen molar-refractivity contribution in [1.82, 2.24) is 9.97 Å². The standard InChI is InChI=1S/C10H5BrF2N2O/c11-7-2-1-6(3-8(7)12)16-10-4-9(13)14-5-15-10/h1-5H. The van der Waals surface area contributed by atoms with Gasteiger partial charge in [-0.1, -0.05) is 0 Å². The highest BCUT2D eigenvalue weighted by atomic mass is 79.9. The molecular formula is C10H5BrF2N2O. The monoisotopic (exact) mass is 286 g/mol. The van der Waals surface area contributed by atoms with Crippen molar-refractivity contribution in [3.63, 3.8) is 0 Å². The third kappa shape index (κ3) is 2.52. The van der Waals surface area contributed by atoms with Gasteiger partial charge in [0, 0.05) is 6.07 Å². The molecule has 82 valence electrons. The van der Waals surface area contributed by atoms with Gasteiger partial charge < -0.3 is 4.74 Å². The van der Waals surface area contributed by atoms with E-state index in [2.05, 4.69) is 25.9 Å². The Morgan fingerprint density at radius 2 is 1.94 bits per heavy atom. The lowest BCUT2D eigenvalue weighted by molar-refractivity contribution is 0.446. The van der Waals surface area contributed by atoms with E-state index >= 15 is 0 Å². The van der Waals surface area contributed by atoms with E-state index in [1.54, 1.807) is 0 Å². The molecule has 0 N–H and O–H groups in total. The van der Waals surface area contributed by atoms with Crippen LogP contribution < -0.4 is 4.74 Å². The van der Waals surface area contributed by atoms with Crippen LogP contribution in [0.2, 0.25) is 0 Å². The Hall–Kier alpha value is -1.56. The van der Waals surface area contributed by atoms with Crippen molar-refractivity contribution >= 4 is 15.9 Å². The second kappa shape index (κ2) is 4.52. The molecule has 3 nitrogen and oxygen atoms in total. The van der Waals surface area contributed by atoms with Gasteiger partial charge >= 0.3 is 0 Å². The molecule has 2 rings (SSSR count). The van der Waals surface area contributed by atoms with E-state index in [1.807, 2.05) is 0 Å². The summed E-state index contributed by atoms with van der Waals surface area (Å²) in [4.78, 5) is 6.95. The molecule has 0 aliphatic carbocycles. The van der Waals surface area contributed by atoms with Crippen LogP contribution in [-0.2, 0) is 0 Å². The summed E-state index contributed by atoms with van der Waals surface area (Å²) in [5.74, 6) is -0.914. The third-order valence-corrected chi connectivity index (χ3v) is 2.37. The fourth-order valence-corrected chi connectivity index (χ4v) is 1.28. The first-order valence-corrected chi connectivity index (χ1v) is 5.05. The minimum atomic E-state index is -0.706. The lowest BCUT2D eigenvalue weighted by Crippen LogP contribution is -1.91. The van der Waals surface area contributed by atoms with Gasteiger partial charge in [0.2, 0.25) is 11.8 Å². The predicted molar refractivity (Wildman–Crippen MR) is 56.2 cm³/mol. The topological polar surface area (TPSA) is 35.0 Å². The van der Waals surface area contributed by atoms with Gasteiger partial charge in [-0.3, -0.25) is 0 Å². The summed E-state index contributed by atoms with van der Waals surface area (Å²) in [6.45, 7) is 0. The first-order chi connectivity index (χ1) is 7.65. The predicted octanol–water partition coefficient (Wildman–Crippen LogP) is 3.31. The van der Waals surface area contributed by atoms with Crippen molar-refractivity contribution in [2.24, 2.45) is 0 Å². The molecule has 0 aliphatic heterocycles. The Balaban J connectivity index is 2.24. The molecule has 0 amide bonds. The zero-order valence-electron chi connectivity index (χ0n) is 7.82. The summed E-state index contributed by atoms with van der Waals surface area (Å²) in [7, 11) is 0. The van der Waals surface area contributed by atoms with Crippen LogP contribution in [0.5, 0.6) is 11.6 Å². The number of nitrogens with zero attached hydrogens (tertiary/aromatic N) is 2. The van der Waals surface area contributed by atoms with Crippen LogP contribution in [-0.4, -0.2) is 9.97 Å². The molecule has 0 saturated heterocycles. The molecule has 0 atom stereocenters. The van der Waals surface area contributed by atoms with E-state index in [1.165, 1.54) is 18.2 Å². The van der Waals surface area contributed by atoms with Gasteiger partial charge in [-0.05, 0) is 28.1 Å². The fourth-order valence-electron chi connectivity index (χ4n) is 1.03. The summed E-state index contributed by atoms with van der Waals surface area (Å²) >= 11 is 3.01. The molecule has 0 saturated carbocycles. The average molecular weight is 287 g/mol. The number of aromatic nitrogens is 2. The lowest BCUT2D eigenvalue weighted by Gasteiger charge is -2.04. The van der Waals surface area contributed by atoms with Gasteiger partial charge in [0.1, 0.15) is 17.9 Å².